The van der Waals surface area contributed by atoms with Crippen molar-refractivity contribution in [2.24, 2.45) is 0 Å². The van der Waals surface area contributed by atoms with Gasteiger partial charge in [0.25, 0.3) is 0 Å². The fourth-order valence-electron chi connectivity index (χ4n) is 1.10. The van der Waals surface area contributed by atoms with Gasteiger partial charge in [-0.05, 0) is 43.2 Å². The van der Waals surface area contributed by atoms with Gasteiger partial charge in [-0.15, -0.1) is 0 Å². The predicted molar refractivity (Wildman–Crippen MR) is 52.4 cm³/mol. The Hall–Kier alpha value is -1.64. The molecule has 0 atom stereocenters. The lowest BCUT2D eigenvalue weighted by Crippen LogP contribution is -1.96. The predicted octanol–water partition coefficient (Wildman–Crippen LogP) is 2.62. The fraction of sp³-hybridized carbons (Fsp3) is 0.182. The van der Waals surface area contributed by atoms with E-state index in [9.17, 15) is 9.18 Å². The van der Waals surface area contributed by atoms with E-state index in [1.54, 1.807) is 13.0 Å². The Kier molecular flexibility index (Phi) is 3.02. The zero-order valence-electron chi connectivity index (χ0n) is 8.04. The minimum absolute atomic E-state index is 0.236. The lowest BCUT2D eigenvalue weighted by Gasteiger charge is -2.00. The van der Waals surface area contributed by atoms with Crippen LogP contribution in [0.5, 0.6) is 0 Å². The smallest absolute Gasteiger partial charge is 0.331 e. The van der Waals surface area contributed by atoms with Crippen LogP contribution >= 0.6 is 0 Å². The molecule has 0 heterocycles. The van der Waals surface area contributed by atoms with Crippen molar-refractivity contribution in [1.29, 1.82) is 0 Å². The van der Waals surface area contributed by atoms with E-state index in [2.05, 4.69) is 0 Å². The molecule has 2 nitrogen and oxygen atoms in total. The highest BCUT2D eigenvalue weighted by atomic mass is 19.1. The molecule has 0 aliphatic heterocycles. The number of hydrogen-bond acceptors (Lipinski definition) is 1. The summed E-state index contributed by atoms with van der Waals surface area (Å²) in [7, 11) is 0. The monoisotopic (exact) mass is 194 g/mol. The Morgan fingerprint density at radius 1 is 1.50 bits per heavy atom. The van der Waals surface area contributed by atoms with Crippen molar-refractivity contribution in [3.05, 3.63) is 40.7 Å². The molecule has 74 valence electrons. The largest absolute Gasteiger partial charge is 0.478 e. The molecular weight excluding hydrogens is 183 g/mol. The van der Waals surface area contributed by atoms with E-state index >= 15 is 0 Å². The van der Waals surface area contributed by atoms with Crippen molar-refractivity contribution in [2.45, 2.75) is 13.8 Å². The Morgan fingerprint density at radius 2 is 2.14 bits per heavy atom. The molecule has 0 radical (unpaired) electrons. The van der Waals surface area contributed by atoms with Gasteiger partial charge in [0, 0.05) is 5.57 Å². The molecule has 1 aromatic rings. The topological polar surface area (TPSA) is 37.3 Å². The van der Waals surface area contributed by atoms with Gasteiger partial charge >= 0.3 is 5.97 Å². The maximum atomic E-state index is 12.7. The summed E-state index contributed by atoms with van der Waals surface area (Å²) in [5.74, 6) is -1.28. The Morgan fingerprint density at radius 3 is 2.64 bits per heavy atom. The molecule has 0 aliphatic carbocycles. The van der Waals surface area contributed by atoms with Crippen LogP contribution in [0.25, 0.3) is 6.08 Å². The molecule has 14 heavy (non-hydrogen) atoms. The Labute approximate surface area is 81.7 Å². The molecule has 0 unspecified atom stereocenters. The summed E-state index contributed by atoms with van der Waals surface area (Å²) < 4.78 is 12.7. The van der Waals surface area contributed by atoms with Crippen molar-refractivity contribution in [2.75, 3.05) is 0 Å². The molecule has 0 saturated heterocycles. The summed E-state index contributed by atoms with van der Waals surface area (Å²) in [5.41, 5.74) is 1.69. The van der Waals surface area contributed by atoms with Gasteiger partial charge in [0.1, 0.15) is 5.82 Å². The second-order valence-corrected chi connectivity index (χ2v) is 3.13. The highest BCUT2D eigenvalue weighted by Crippen LogP contribution is 2.13. The maximum absolute atomic E-state index is 12.7. The minimum Gasteiger partial charge on any atom is -0.478 e. The first-order valence-electron chi connectivity index (χ1n) is 4.18. The number of hydrogen-bond donors (Lipinski definition) is 1. The fourth-order valence-corrected chi connectivity index (χ4v) is 1.10. The number of benzene rings is 1. The Bertz CT molecular complexity index is 394. The first-order chi connectivity index (χ1) is 6.50. The van der Waals surface area contributed by atoms with Crippen LogP contribution in [0.4, 0.5) is 4.39 Å². The summed E-state index contributed by atoms with van der Waals surface area (Å²) in [5, 5.41) is 8.65. The standard InChI is InChI=1S/C11H11FO2/c1-7-6-10(12)4-3-9(7)5-8(2)11(13)14/h3-6H,1-2H3,(H,13,14)/b8-5+. The van der Waals surface area contributed by atoms with Crippen LogP contribution in [-0.4, -0.2) is 11.1 Å². The van der Waals surface area contributed by atoms with Crippen LogP contribution in [0.3, 0.4) is 0 Å². The number of halogens is 1. The zero-order chi connectivity index (χ0) is 10.7. The highest BCUT2D eigenvalue weighted by Gasteiger charge is 2.02. The molecular formula is C11H11FO2. The number of carbonyl (C=O) groups is 1. The molecule has 0 bridgehead atoms. The van der Waals surface area contributed by atoms with E-state index in [-0.39, 0.29) is 11.4 Å². The van der Waals surface area contributed by atoms with E-state index in [1.807, 2.05) is 0 Å². The molecule has 1 N–H and O–H groups in total. The van der Waals surface area contributed by atoms with E-state index in [0.717, 1.165) is 11.1 Å². The van der Waals surface area contributed by atoms with Crippen LogP contribution in [0.1, 0.15) is 18.1 Å². The zero-order valence-corrected chi connectivity index (χ0v) is 8.04. The minimum atomic E-state index is -0.964. The average Bonchev–Trinajstić information content (AvgIpc) is 2.09. The van der Waals surface area contributed by atoms with Gasteiger partial charge in [0.05, 0.1) is 0 Å². The quantitative estimate of drug-likeness (QED) is 0.735. The van der Waals surface area contributed by atoms with Gasteiger partial charge in [0.2, 0.25) is 0 Å². The van der Waals surface area contributed by atoms with Crippen LogP contribution in [-0.2, 0) is 4.79 Å². The first kappa shape index (κ1) is 10.4. The number of aryl methyl sites for hydroxylation is 1. The van der Waals surface area contributed by atoms with Crippen LogP contribution in [0.15, 0.2) is 23.8 Å². The summed E-state index contributed by atoms with van der Waals surface area (Å²) in [4.78, 5) is 10.5. The maximum Gasteiger partial charge on any atom is 0.331 e. The van der Waals surface area contributed by atoms with Crippen molar-refractivity contribution < 1.29 is 14.3 Å². The van der Waals surface area contributed by atoms with E-state index in [1.165, 1.54) is 25.1 Å². The van der Waals surface area contributed by atoms with Crippen LogP contribution in [0, 0.1) is 12.7 Å². The van der Waals surface area contributed by atoms with Gasteiger partial charge in [-0.25, -0.2) is 9.18 Å². The van der Waals surface area contributed by atoms with Gasteiger partial charge in [-0.1, -0.05) is 6.07 Å². The van der Waals surface area contributed by atoms with Crippen molar-refractivity contribution in [3.8, 4) is 0 Å². The number of carboxylic acids is 1. The summed E-state index contributed by atoms with van der Waals surface area (Å²) in [6, 6.07) is 4.26. The van der Waals surface area contributed by atoms with Gasteiger partial charge < -0.3 is 5.11 Å². The number of rotatable bonds is 2. The van der Waals surface area contributed by atoms with Crippen molar-refractivity contribution >= 4 is 12.0 Å². The van der Waals surface area contributed by atoms with Crippen LogP contribution < -0.4 is 0 Å². The molecule has 0 saturated carbocycles. The SMILES string of the molecule is C/C(=C\c1ccc(F)cc1C)C(=O)O. The average molecular weight is 194 g/mol. The van der Waals surface area contributed by atoms with Crippen molar-refractivity contribution in [3.63, 3.8) is 0 Å². The number of aliphatic carboxylic acids is 1. The molecule has 1 aromatic carbocycles. The molecule has 1 rings (SSSR count). The lowest BCUT2D eigenvalue weighted by molar-refractivity contribution is -0.132. The first-order valence-corrected chi connectivity index (χ1v) is 4.18. The summed E-state index contributed by atoms with van der Waals surface area (Å²) >= 11 is 0. The molecule has 0 aromatic heterocycles. The van der Waals surface area contributed by atoms with Gasteiger partial charge in [-0.2, -0.15) is 0 Å². The van der Waals surface area contributed by atoms with Gasteiger partial charge in [0.15, 0.2) is 0 Å². The number of carboxylic acid groups (broad SMARTS) is 1. The second-order valence-electron chi connectivity index (χ2n) is 3.13. The molecule has 0 aliphatic rings. The molecule has 0 fully saturated rings. The van der Waals surface area contributed by atoms with E-state index in [0.29, 0.717) is 0 Å². The third-order valence-corrected chi connectivity index (χ3v) is 1.94. The third-order valence-electron chi connectivity index (χ3n) is 1.94. The molecule has 0 amide bonds. The molecule has 3 heteroatoms. The normalized spacial score (nSPS) is 11.5. The third kappa shape index (κ3) is 2.42. The van der Waals surface area contributed by atoms with E-state index in [4.69, 9.17) is 5.11 Å². The van der Waals surface area contributed by atoms with E-state index < -0.39 is 5.97 Å². The molecule has 0 spiro atoms. The lowest BCUT2D eigenvalue weighted by atomic mass is 10.1. The highest BCUT2D eigenvalue weighted by molar-refractivity contribution is 5.91. The van der Waals surface area contributed by atoms with Crippen molar-refractivity contribution in [1.82, 2.24) is 0 Å². The second kappa shape index (κ2) is 4.05. The van der Waals surface area contributed by atoms with Gasteiger partial charge in [-0.3, -0.25) is 0 Å². The summed E-state index contributed by atoms with van der Waals surface area (Å²) in [6.45, 7) is 3.25. The summed E-state index contributed by atoms with van der Waals surface area (Å²) in [6.07, 6.45) is 1.52. The Balaban J connectivity index is 3.09. The van der Waals surface area contributed by atoms with Crippen LogP contribution in [0.2, 0.25) is 0 Å².